The molecule has 1 aliphatic rings. The SMILES string of the molecule is CC(C)NC1CCC(n2cc(CNc3cc(Cl)c4ncc(C#N)c(Nc5ccc(F)c(Cl)c5)c4c3)nn2)CC1. The number of benzene rings is 2. The molecular weight excluding hydrogens is 538 g/mol. The van der Waals surface area contributed by atoms with Crippen molar-refractivity contribution >= 4 is 51.2 Å². The fourth-order valence-corrected chi connectivity index (χ4v) is 5.49. The first kappa shape index (κ1) is 27.1. The van der Waals surface area contributed by atoms with E-state index in [2.05, 4.69) is 51.2 Å². The quantitative estimate of drug-likeness (QED) is 0.211. The van der Waals surface area contributed by atoms with E-state index in [1.165, 1.54) is 18.3 Å². The van der Waals surface area contributed by atoms with Crippen molar-refractivity contribution in [1.82, 2.24) is 25.3 Å². The van der Waals surface area contributed by atoms with Gasteiger partial charge in [-0.2, -0.15) is 5.26 Å². The minimum atomic E-state index is -0.524. The van der Waals surface area contributed by atoms with Gasteiger partial charge in [0.25, 0.3) is 0 Å². The summed E-state index contributed by atoms with van der Waals surface area (Å²) in [5.41, 5.74) is 3.44. The van der Waals surface area contributed by atoms with Gasteiger partial charge in [0, 0.05) is 35.0 Å². The third-order valence-corrected chi connectivity index (χ3v) is 7.48. The predicted molar refractivity (Wildman–Crippen MR) is 153 cm³/mol. The Hall–Kier alpha value is -3.45. The van der Waals surface area contributed by atoms with Gasteiger partial charge in [-0.25, -0.2) is 9.07 Å². The molecule has 0 bridgehead atoms. The summed E-state index contributed by atoms with van der Waals surface area (Å²) in [6.07, 6.45) is 7.86. The van der Waals surface area contributed by atoms with Gasteiger partial charge in [0.2, 0.25) is 0 Å². The van der Waals surface area contributed by atoms with E-state index in [9.17, 15) is 9.65 Å². The lowest BCUT2D eigenvalue weighted by atomic mass is 9.91. The Labute approximate surface area is 236 Å². The second-order valence-electron chi connectivity index (χ2n) is 10.1. The minimum Gasteiger partial charge on any atom is -0.379 e. The number of pyridine rings is 1. The molecule has 2 aromatic carbocycles. The highest BCUT2D eigenvalue weighted by molar-refractivity contribution is 6.36. The molecular formula is C28H29Cl2FN8. The summed E-state index contributed by atoms with van der Waals surface area (Å²) in [4.78, 5) is 4.38. The van der Waals surface area contributed by atoms with Crippen LogP contribution in [0.3, 0.4) is 0 Å². The summed E-state index contributed by atoms with van der Waals surface area (Å²) >= 11 is 12.5. The second-order valence-corrected chi connectivity index (χ2v) is 11.0. The molecule has 0 radical (unpaired) electrons. The van der Waals surface area contributed by atoms with E-state index in [1.807, 2.05) is 16.9 Å². The highest BCUT2D eigenvalue weighted by Gasteiger charge is 2.23. The molecule has 4 aromatic rings. The fraction of sp³-hybridized carbons (Fsp3) is 0.357. The molecule has 1 fully saturated rings. The van der Waals surface area contributed by atoms with Crippen molar-refractivity contribution in [3.05, 3.63) is 69.8 Å². The molecule has 39 heavy (non-hydrogen) atoms. The monoisotopic (exact) mass is 566 g/mol. The van der Waals surface area contributed by atoms with E-state index in [1.54, 1.807) is 12.1 Å². The van der Waals surface area contributed by atoms with Crippen molar-refractivity contribution in [2.75, 3.05) is 10.6 Å². The van der Waals surface area contributed by atoms with Crippen LogP contribution in [0.4, 0.5) is 21.5 Å². The first-order chi connectivity index (χ1) is 18.8. The van der Waals surface area contributed by atoms with E-state index in [4.69, 9.17) is 23.2 Å². The fourth-order valence-electron chi connectivity index (χ4n) is 5.04. The molecule has 1 saturated carbocycles. The first-order valence-corrected chi connectivity index (χ1v) is 13.7. The van der Waals surface area contributed by atoms with E-state index < -0.39 is 5.82 Å². The lowest BCUT2D eigenvalue weighted by Crippen LogP contribution is -2.38. The number of nitriles is 1. The molecule has 3 N–H and O–H groups in total. The molecule has 0 aliphatic heterocycles. The molecule has 2 heterocycles. The predicted octanol–water partition coefficient (Wildman–Crippen LogP) is 6.98. The molecule has 0 spiro atoms. The Morgan fingerprint density at radius 2 is 1.87 bits per heavy atom. The zero-order valence-corrected chi connectivity index (χ0v) is 23.2. The van der Waals surface area contributed by atoms with Gasteiger partial charge in [-0.15, -0.1) is 5.10 Å². The van der Waals surface area contributed by atoms with Gasteiger partial charge in [-0.3, -0.25) is 4.98 Å². The Morgan fingerprint density at radius 1 is 1.10 bits per heavy atom. The lowest BCUT2D eigenvalue weighted by molar-refractivity contribution is 0.265. The number of rotatable bonds is 8. The van der Waals surface area contributed by atoms with E-state index in [0.717, 1.165) is 37.1 Å². The minimum absolute atomic E-state index is 0.0226. The number of nitrogens with one attached hydrogen (secondary N) is 3. The van der Waals surface area contributed by atoms with Crippen molar-refractivity contribution in [3.63, 3.8) is 0 Å². The normalized spacial score (nSPS) is 17.4. The van der Waals surface area contributed by atoms with Gasteiger partial charge in [-0.1, -0.05) is 42.3 Å². The Kier molecular flexibility index (Phi) is 8.17. The van der Waals surface area contributed by atoms with Gasteiger partial charge in [0.1, 0.15) is 17.6 Å². The Bertz CT molecular complexity index is 1520. The summed E-state index contributed by atoms with van der Waals surface area (Å²) in [6, 6.07) is 11.5. The molecule has 0 unspecified atom stereocenters. The molecule has 0 atom stereocenters. The van der Waals surface area contributed by atoms with E-state index in [-0.39, 0.29) is 5.02 Å². The number of fused-ring (bicyclic) bond motifs is 1. The van der Waals surface area contributed by atoms with Gasteiger partial charge in [0.15, 0.2) is 0 Å². The molecule has 0 saturated heterocycles. The maximum absolute atomic E-state index is 13.7. The Morgan fingerprint density at radius 3 is 2.59 bits per heavy atom. The average molecular weight is 568 g/mol. The van der Waals surface area contributed by atoms with Crippen molar-refractivity contribution in [1.29, 1.82) is 5.26 Å². The largest absolute Gasteiger partial charge is 0.379 e. The summed E-state index contributed by atoms with van der Waals surface area (Å²) < 4.78 is 15.7. The van der Waals surface area contributed by atoms with Crippen LogP contribution in [0.25, 0.3) is 10.9 Å². The maximum Gasteiger partial charge on any atom is 0.141 e. The average Bonchev–Trinajstić information content (AvgIpc) is 3.39. The van der Waals surface area contributed by atoms with Crippen LogP contribution in [-0.4, -0.2) is 32.1 Å². The zero-order chi connectivity index (χ0) is 27.5. The van der Waals surface area contributed by atoms with Crippen LogP contribution >= 0.6 is 23.2 Å². The highest BCUT2D eigenvalue weighted by Crippen LogP contribution is 2.36. The van der Waals surface area contributed by atoms with Crippen LogP contribution in [0.1, 0.15) is 56.8 Å². The van der Waals surface area contributed by atoms with Crippen molar-refractivity contribution in [2.24, 2.45) is 0 Å². The van der Waals surface area contributed by atoms with Crippen LogP contribution < -0.4 is 16.0 Å². The van der Waals surface area contributed by atoms with E-state index >= 15 is 0 Å². The number of anilines is 3. The molecule has 1 aliphatic carbocycles. The third kappa shape index (κ3) is 6.25. The Balaban J connectivity index is 1.33. The third-order valence-electron chi connectivity index (χ3n) is 6.91. The topological polar surface area (TPSA) is 103 Å². The van der Waals surface area contributed by atoms with Gasteiger partial charge < -0.3 is 16.0 Å². The number of nitrogens with zero attached hydrogens (tertiary/aromatic N) is 5. The number of aromatic nitrogens is 4. The zero-order valence-electron chi connectivity index (χ0n) is 21.7. The van der Waals surface area contributed by atoms with Gasteiger partial charge >= 0.3 is 0 Å². The lowest BCUT2D eigenvalue weighted by Gasteiger charge is -2.30. The summed E-state index contributed by atoms with van der Waals surface area (Å²) in [7, 11) is 0. The smallest absolute Gasteiger partial charge is 0.141 e. The molecule has 5 rings (SSSR count). The second kappa shape index (κ2) is 11.7. The van der Waals surface area contributed by atoms with Crippen LogP contribution in [0.15, 0.2) is 42.7 Å². The van der Waals surface area contributed by atoms with Gasteiger partial charge in [-0.05, 0) is 56.0 Å². The molecule has 11 heteroatoms. The number of hydrogen-bond acceptors (Lipinski definition) is 7. The number of halogens is 3. The van der Waals surface area contributed by atoms with Crippen molar-refractivity contribution in [3.8, 4) is 6.07 Å². The summed E-state index contributed by atoms with van der Waals surface area (Å²) in [5.74, 6) is -0.524. The van der Waals surface area contributed by atoms with Crippen LogP contribution in [-0.2, 0) is 6.54 Å². The molecule has 202 valence electrons. The summed E-state index contributed by atoms with van der Waals surface area (Å²) in [6.45, 7) is 4.82. The van der Waals surface area contributed by atoms with Crippen molar-refractivity contribution < 1.29 is 4.39 Å². The van der Waals surface area contributed by atoms with E-state index in [0.29, 0.717) is 57.5 Å². The van der Waals surface area contributed by atoms with Gasteiger partial charge in [0.05, 0.1) is 45.6 Å². The molecule has 2 aromatic heterocycles. The first-order valence-electron chi connectivity index (χ1n) is 13.0. The van der Waals surface area contributed by atoms with Crippen LogP contribution in [0.2, 0.25) is 10.0 Å². The highest BCUT2D eigenvalue weighted by atomic mass is 35.5. The van der Waals surface area contributed by atoms with Crippen LogP contribution in [0, 0.1) is 17.1 Å². The molecule has 0 amide bonds. The maximum atomic E-state index is 13.7. The number of hydrogen-bond donors (Lipinski definition) is 3. The standard InChI is InChI=1S/C28H29Cl2FN8/c1-16(2)35-18-3-6-22(7-4-18)39-15-21(37-38-39)14-33-20-9-23-27(36-19-5-8-26(31)24(29)10-19)17(12-32)13-34-28(23)25(30)11-20/h5,8-11,13,15-16,18,22,33,35H,3-4,6-7,14H2,1-2H3,(H,34,36). The van der Waals surface area contributed by atoms with Crippen molar-refractivity contribution in [2.45, 2.75) is 64.2 Å². The van der Waals surface area contributed by atoms with Crippen LogP contribution in [0.5, 0.6) is 0 Å². The molecule has 8 nitrogen and oxygen atoms in total. The summed E-state index contributed by atoms with van der Waals surface area (Å²) in [5, 5.41) is 29.7.